The second kappa shape index (κ2) is 7.12. The third-order valence-electron chi connectivity index (χ3n) is 5.31. The average molecular weight is 382 g/mol. The van der Waals surface area contributed by atoms with Gasteiger partial charge in [0.25, 0.3) is 5.91 Å². The number of nitrogens with one attached hydrogen (secondary N) is 1. The number of hydrogen-bond acceptors (Lipinski definition) is 3. The molecule has 0 bridgehead atoms. The molecule has 0 aliphatic carbocycles. The Balaban J connectivity index is 1.78. The van der Waals surface area contributed by atoms with Gasteiger partial charge in [-0.3, -0.25) is 9.78 Å². The molecule has 4 rings (SSSR count). The summed E-state index contributed by atoms with van der Waals surface area (Å²) in [7, 11) is 0. The lowest BCUT2D eigenvalue weighted by molar-refractivity contribution is 0.0729. The Morgan fingerprint density at radius 3 is 2.41 bits per heavy atom. The summed E-state index contributed by atoms with van der Waals surface area (Å²) in [4.78, 5) is 23.9. The van der Waals surface area contributed by atoms with E-state index in [0.717, 1.165) is 53.4 Å². The summed E-state index contributed by atoms with van der Waals surface area (Å²) >= 11 is 1.64. The highest BCUT2D eigenvalue weighted by molar-refractivity contribution is 7.21. The van der Waals surface area contributed by atoms with Crippen molar-refractivity contribution in [2.45, 2.75) is 52.9 Å². The van der Waals surface area contributed by atoms with Crippen molar-refractivity contribution >= 4 is 27.5 Å². The van der Waals surface area contributed by atoms with Gasteiger partial charge in [-0.25, -0.2) is 0 Å². The summed E-state index contributed by atoms with van der Waals surface area (Å²) in [5.74, 6) is 0.565. The number of aryl methyl sites for hydroxylation is 2. The van der Waals surface area contributed by atoms with Crippen LogP contribution >= 0.6 is 11.3 Å². The molecule has 1 aliphatic heterocycles. The topological polar surface area (TPSA) is 49.0 Å². The van der Waals surface area contributed by atoms with Crippen LogP contribution in [0.5, 0.6) is 0 Å². The van der Waals surface area contributed by atoms with E-state index < -0.39 is 0 Å². The molecule has 1 fully saturated rings. The van der Waals surface area contributed by atoms with Crippen LogP contribution in [-0.4, -0.2) is 33.9 Å². The molecule has 27 heavy (non-hydrogen) atoms. The first-order chi connectivity index (χ1) is 12.9. The van der Waals surface area contributed by atoms with E-state index in [1.807, 2.05) is 24.8 Å². The Morgan fingerprint density at radius 1 is 1.11 bits per heavy atom. The van der Waals surface area contributed by atoms with Gasteiger partial charge < -0.3 is 9.88 Å². The molecule has 0 radical (unpaired) electrons. The maximum atomic E-state index is 12.9. The second-order valence-electron chi connectivity index (χ2n) is 7.91. The zero-order valence-corrected chi connectivity index (χ0v) is 17.4. The van der Waals surface area contributed by atoms with Gasteiger partial charge in [0, 0.05) is 30.0 Å². The molecule has 0 spiro atoms. The van der Waals surface area contributed by atoms with Crippen molar-refractivity contribution in [3.63, 3.8) is 0 Å². The minimum Gasteiger partial charge on any atom is -0.354 e. The summed E-state index contributed by atoms with van der Waals surface area (Å²) in [6, 6.07) is 6.31. The molecule has 1 aliphatic rings. The first-order valence-electron chi connectivity index (χ1n) is 9.84. The molecule has 142 valence electrons. The van der Waals surface area contributed by atoms with Crippen LogP contribution in [-0.2, 0) is 0 Å². The number of hydrogen-bond donors (Lipinski definition) is 1. The highest BCUT2D eigenvalue weighted by Gasteiger charge is 2.24. The number of carbonyl (C=O) groups excluding carboxylic acids is 1. The van der Waals surface area contributed by atoms with Crippen LogP contribution < -0.4 is 0 Å². The Kier molecular flexibility index (Phi) is 4.81. The molecule has 4 nitrogen and oxygen atoms in total. The Bertz CT molecular complexity index is 972. The number of aromatic amines is 1. The largest absolute Gasteiger partial charge is 0.354 e. The third kappa shape index (κ3) is 3.41. The first-order valence-corrected chi connectivity index (χ1v) is 10.7. The molecule has 4 heterocycles. The first kappa shape index (κ1) is 18.2. The SMILES string of the molecule is Cc1cc(-c2[nH]c3cc(C(=O)N4CCCCC4)sc3c2C(C)C)cc(C)n1. The molecule has 0 aromatic carbocycles. The van der Waals surface area contributed by atoms with E-state index in [0.29, 0.717) is 5.92 Å². The number of likely N-dealkylation sites (tertiary alicyclic amines) is 1. The van der Waals surface area contributed by atoms with Gasteiger partial charge >= 0.3 is 0 Å². The predicted octanol–water partition coefficient (Wildman–Crippen LogP) is 5.66. The Labute approximate surface area is 164 Å². The van der Waals surface area contributed by atoms with Crippen molar-refractivity contribution in [1.29, 1.82) is 0 Å². The molecule has 0 atom stereocenters. The summed E-state index contributed by atoms with van der Waals surface area (Å²) in [5.41, 5.74) is 6.77. The number of pyridine rings is 1. The fourth-order valence-electron chi connectivity index (χ4n) is 4.12. The average Bonchev–Trinajstić information content (AvgIpc) is 3.18. The molecule has 3 aromatic rings. The van der Waals surface area contributed by atoms with E-state index in [9.17, 15) is 4.79 Å². The molecule has 5 heteroatoms. The van der Waals surface area contributed by atoms with Crippen LogP contribution in [0.15, 0.2) is 18.2 Å². The van der Waals surface area contributed by atoms with E-state index in [1.54, 1.807) is 11.3 Å². The van der Waals surface area contributed by atoms with Gasteiger partial charge in [0.2, 0.25) is 0 Å². The number of fused-ring (bicyclic) bond motifs is 1. The Morgan fingerprint density at radius 2 is 1.78 bits per heavy atom. The quantitative estimate of drug-likeness (QED) is 0.636. The van der Waals surface area contributed by atoms with Gasteiger partial charge in [0.05, 0.1) is 20.8 Å². The maximum absolute atomic E-state index is 12.9. The van der Waals surface area contributed by atoms with Gasteiger partial charge in [-0.05, 0) is 62.8 Å². The number of amides is 1. The van der Waals surface area contributed by atoms with Gasteiger partial charge in [0.15, 0.2) is 0 Å². The zero-order chi connectivity index (χ0) is 19.1. The molecule has 0 saturated carbocycles. The highest BCUT2D eigenvalue weighted by atomic mass is 32.1. The zero-order valence-electron chi connectivity index (χ0n) is 16.6. The summed E-state index contributed by atoms with van der Waals surface area (Å²) in [6.07, 6.45) is 3.48. The van der Waals surface area contributed by atoms with E-state index in [4.69, 9.17) is 0 Å². The number of aromatic nitrogens is 2. The van der Waals surface area contributed by atoms with Crippen LogP contribution in [0.1, 0.15) is 65.7 Å². The highest BCUT2D eigenvalue weighted by Crippen LogP contribution is 2.40. The number of piperidine rings is 1. The third-order valence-corrected chi connectivity index (χ3v) is 6.46. The monoisotopic (exact) mass is 381 g/mol. The van der Waals surface area contributed by atoms with Crippen molar-refractivity contribution in [2.75, 3.05) is 13.1 Å². The molecular formula is C22H27N3OS. The molecule has 3 aromatic heterocycles. The van der Waals surface area contributed by atoms with Crippen LogP contribution in [0, 0.1) is 13.8 Å². The van der Waals surface area contributed by atoms with Crippen LogP contribution in [0.25, 0.3) is 21.5 Å². The van der Waals surface area contributed by atoms with E-state index >= 15 is 0 Å². The molecule has 1 N–H and O–H groups in total. The lowest BCUT2D eigenvalue weighted by Crippen LogP contribution is -2.35. The minimum atomic E-state index is 0.191. The van der Waals surface area contributed by atoms with Gasteiger partial charge in [-0.2, -0.15) is 0 Å². The van der Waals surface area contributed by atoms with Crippen LogP contribution in [0.4, 0.5) is 0 Å². The van der Waals surface area contributed by atoms with Crippen molar-refractivity contribution < 1.29 is 4.79 Å². The van der Waals surface area contributed by atoms with Crippen LogP contribution in [0.2, 0.25) is 0 Å². The molecular weight excluding hydrogens is 354 g/mol. The van der Waals surface area contributed by atoms with Crippen molar-refractivity contribution in [3.05, 3.63) is 40.0 Å². The van der Waals surface area contributed by atoms with Gasteiger partial charge in [-0.15, -0.1) is 11.3 Å². The summed E-state index contributed by atoms with van der Waals surface area (Å²) in [6.45, 7) is 10.3. The standard InChI is InChI=1S/C22H27N3OS/c1-13(2)19-20(16-10-14(3)23-15(4)11-16)24-17-12-18(27-21(17)19)22(26)25-8-6-5-7-9-25/h10-13,24H,5-9H2,1-4H3. The maximum Gasteiger partial charge on any atom is 0.264 e. The number of H-pyrrole nitrogens is 1. The van der Waals surface area contributed by atoms with E-state index in [1.165, 1.54) is 22.2 Å². The number of nitrogens with zero attached hydrogens (tertiary/aromatic N) is 2. The number of rotatable bonds is 3. The second-order valence-corrected chi connectivity index (χ2v) is 8.97. The fourth-order valence-corrected chi connectivity index (χ4v) is 5.40. The minimum absolute atomic E-state index is 0.191. The number of carbonyl (C=O) groups is 1. The van der Waals surface area contributed by atoms with Crippen molar-refractivity contribution in [1.82, 2.24) is 14.9 Å². The lowest BCUT2D eigenvalue weighted by Gasteiger charge is -2.26. The van der Waals surface area contributed by atoms with E-state index in [2.05, 4.69) is 35.9 Å². The van der Waals surface area contributed by atoms with Crippen molar-refractivity contribution in [3.8, 4) is 11.3 Å². The molecule has 1 saturated heterocycles. The Hall–Kier alpha value is -2.14. The molecule has 0 unspecified atom stereocenters. The van der Waals surface area contributed by atoms with Gasteiger partial charge in [0.1, 0.15) is 0 Å². The van der Waals surface area contributed by atoms with Gasteiger partial charge in [-0.1, -0.05) is 13.8 Å². The lowest BCUT2D eigenvalue weighted by atomic mass is 9.99. The smallest absolute Gasteiger partial charge is 0.264 e. The number of thiophene rings is 1. The predicted molar refractivity (Wildman–Crippen MR) is 113 cm³/mol. The summed E-state index contributed by atoms with van der Waals surface area (Å²) < 4.78 is 1.22. The fraction of sp³-hybridized carbons (Fsp3) is 0.455. The molecule has 1 amide bonds. The van der Waals surface area contributed by atoms with Crippen LogP contribution in [0.3, 0.4) is 0 Å². The van der Waals surface area contributed by atoms with E-state index in [-0.39, 0.29) is 5.91 Å². The van der Waals surface area contributed by atoms with Crippen molar-refractivity contribution in [2.24, 2.45) is 0 Å². The normalized spacial score (nSPS) is 15.1. The summed E-state index contributed by atoms with van der Waals surface area (Å²) in [5, 5.41) is 0.